The van der Waals surface area contributed by atoms with E-state index in [4.69, 9.17) is 9.47 Å². The van der Waals surface area contributed by atoms with E-state index in [0.717, 1.165) is 11.1 Å². The Balaban J connectivity index is 1.75. The number of methoxy groups -OCH3 is 2. The van der Waals surface area contributed by atoms with Crippen molar-refractivity contribution in [3.63, 3.8) is 0 Å². The van der Waals surface area contributed by atoms with Crippen LogP contribution in [0.5, 0.6) is 11.5 Å². The molecule has 32 heavy (non-hydrogen) atoms. The third kappa shape index (κ3) is 4.99. The van der Waals surface area contributed by atoms with E-state index in [1.54, 1.807) is 19.1 Å². The lowest BCUT2D eigenvalue weighted by Crippen LogP contribution is -2.45. The first kappa shape index (κ1) is 23.1. The minimum atomic E-state index is -0.541. The molecule has 2 amide bonds. The zero-order chi connectivity index (χ0) is 23.3. The second-order valence-electron chi connectivity index (χ2n) is 7.58. The van der Waals surface area contributed by atoms with Crippen LogP contribution in [0.25, 0.3) is 0 Å². The Labute approximate surface area is 186 Å². The van der Waals surface area contributed by atoms with Gasteiger partial charge in [-0.25, -0.2) is 0 Å². The van der Waals surface area contributed by atoms with E-state index in [9.17, 15) is 19.7 Å². The molecule has 0 spiro atoms. The number of carbonyl (C=O) groups excluding carboxylic acids is 2. The number of nitro benzene ring substituents is 1. The molecule has 0 unspecified atom stereocenters. The summed E-state index contributed by atoms with van der Waals surface area (Å²) in [6.07, 6.45) is 1.34. The molecule has 0 aliphatic carbocycles. The van der Waals surface area contributed by atoms with E-state index in [1.165, 1.54) is 29.2 Å². The van der Waals surface area contributed by atoms with Gasteiger partial charge in [0.25, 0.3) is 11.6 Å². The van der Waals surface area contributed by atoms with Crippen molar-refractivity contribution in [3.8, 4) is 11.5 Å². The minimum absolute atomic E-state index is 0.0853. The highest BCUT2D eigenvalue weighted by atomic mass is 16.6. The lowest BCUT2D eigenvalue weighted by molar-refractivity contribution is -0.384. The minimum Gasteiger partial charge on any atom is -0.493 e. The monoisotopic (exact) mass is 441 g/mol. The summed E-state index contributed by atoms with van der Waals surface area (Å²) in [5.41, 5.74) is 2.12. The quantitative estimate of drug-likeness (QED) is 0.461. The Morgan fingerprint density at radius 1 is 1.12 bits per heavy atom. The SMILES string of the molecule is CCCN(CC(=O)N1CCc2cc(OC)c(OC)cc2C1)C(=O)c1cccc([N+](=O)[O-])c1. The molecule has 1 aliphatic rings. The normalized spacial score (nSPS) is 12.7. The third-order valence-corrected chi connectivity index (χ3v) is 5.48. The summed E-state index contributed by atoms with van der Waals surface area (Å²) in [5.74, 6) is 0.696. The molecular weight excluding hydrogens is 414 g/mol. The maximum absolute atomic E-state index is 13.0. The number of hydrogen-bond acceptors (Lipinski definition) is 6. The number of nitro groups is 1. The van der Waals surface area contributed by atoms with Gasteiger partial charge in [0, 0.05) is 37.3 Å². The molecule has 0 atom stereocenters. The van der Waals surface area contributed by atoms with Gasteiger partial charge < -0.3 is 19.3 Å². The number of benzene rings is 2. The van der Waals surface area contributed by atoms with Gasteiger partial charge in [-0.1, -0.05) is 13.0 Å². The van der Waals surface area contributed by atoms with Crippen LogP contribution in [-0.2, 0) is 17.8 Å². The van der Waals surface area contributed by atoms with Crippen molar-refractivity contribution >= 4 is 17.5 Å². The molecule has 0 saturated heterocycles. The molecule has 0 fully saturated rings. The molecule has 3 rings (SSSR count). The molecule has 0 N–H and O–H groups in total. The largest absolute Gasteiger partial charge is 0.493 e. The highest BCUT2D eigenvalue weighted by Crippen LogP contribution is 2.33. The van der Waals surface area contributed by atoms with E-state index in [-0.39, 0.29) is 23.7 Å². The number of rotatable bonds is 8. The van der Waals surface area contributed by atoms with Gasteiger partial charge in [-0.2, -0.15) is 0 Å². The van der Waals surface area contributed by atoms with E-state index in [1.807, 2.05) is 19.1 Å². The number of ether oxygens (including phenoxy) is 2. The van der Waals surface area contributed by atoms with Crippen molar-refractivity contribution in [1.82, 2.24) is 9.80 Å². The Morgan fingerprint density at radius 2 is 1.81 bits per heavy atom. The first-order valence-corrected chi connectivity index (χ1v) is 10.4. The van der Waals surface area contributed by atoms with Crippen molar-refractivity contribution in [3.05, 3.63) is 63.2 Å². The average Bonchev–Trinajstić information content (AvgIpc) is 2.81. The zero-order valence-corrected chi connectivity index (χ0v) is 18.5. The lowest BCUT2D eigenvalue weighted by Gasteiger charge is -2.32. The number of hydrogen-bond donors (Lipinski definition) is 0. The molecule has 170 valence electrons. The number of fused-ring (bicyclic) bond motifs is 1. The van der Waals surface area contributed by atoms with Gasteiger partial charge in [-0.05, 0) is 42.2 Å². The highest BCUT2D eigenvalue weighted by molar-refractivity contribution is 5.97. The van der Waals surface area contributed by atoms with Crippen LogP contribution in [-0.4, -0.2) is 60.4 Å². The van der Waals surface area contributed by atoms with Crippen molar-refractivity contribution < 1.29 is 24.0 Å². The van der Waals surface area contributed by atoms with Crippen LogP contribution in [0.1, 0.15) is 34.8 Å². The Hall–Kier alpha value is -3.62. The summed E-state index contributed by atoms with van der Waals surface area (Å²) in [4.78, 5) is 39.7. The van der Waals surface area contributed by atoms with E-state index < -0.39 is 10.8 Å². The molecule has 1 heterocycles. The molecule has 0 radical (unpaired) electrons. The molecule has 0 bridgehead atoms. The van der Waals surface area contributed by atoms with Crippen LogP contribution in [0.4, 0.5) is 5.69 Å². The number of amides is 2. The smallest absolute Gasteiger partial charge is 0.270 e. The molecule has 1 aliphatic heterocycles. The standard InChI is InChI=1S/C23H27N3O6/c1-4-9-25(23(28)17-6-5-7-19(11-17)26(29)30)15-22(27)24-10-8-16-12-20(31-2)21(32-3)13-18(16)14-24/h5-7,11-13H,4,8-10,14-15H2,1-3H3. The molecule has 0 aromatic heterocycles. The van der Waals surface area contributed by atoms with E-state index in [2.05, 4.69) is 0 Å². The number of carbonyl (C=O) groups is 2. The second-order valence-corrected chi connectivity index (χ2v) is 7.58. The van der Waals surface area contributed by atoms with Gasteiger partial charge in [0.2, 0.25) is 5.91 Å². The first-order chi connectivity index (χ1) is 15.4. The van der Waals surface area contributed by atoms with Gasteiger partial charge in [0.15, 0.2) is 11.5 Å². The summed E-state index contributed by atoms with van der Waals surface area (Å²) >= 11 is 0. The van der Waals surface area contributed by atoms with Gasteiger partial charge in [0.1, 0.15) is 6.54 Å². The fourth-order valence-electron chi connectivity index (χ4n) is 3.82. The molecular formula is C23H27N3O6. The number of nitrogens with zero attached hydrogens (tertiary/aromatic N) is 3. The molecule has 2 aromatic rings. The Bertz CT molecular complexity index is 1020. The fourth-order valence-corrected chi connectivity index (χ4v) is 3.82. The predicted molar refractivity (Wildman–Crippen MR) is 118 cm³/mol. The topological polar surface area (TPSA) is 102 Å². The highest BCUT2D eigenvalue weighted by Gasteiger charge is 2.26. The van der Waals surface area contributed by atoms with Crippen LogP contribution < -0.4 is 9.47 Å². The molecule has 2 aromatic carbocycles. The second kappa shape index (κ2) is 10.1. The van der Waals surface area contributed by atoms with Crippen molar-refractivity contribution in [2.75, 3.05) is 33.9 Å². The Kier molecular flexibility index (Phi) is 7.29. The summed E-state index contributed by atoms with van der Waals surface area (Å²) in [7, 11) is 3.15. The Morgan fingerprint density at radius 3 is 2.44 bits per heavy atom. The van der Waals surface area contributed by atoms with Crippen LogP contribution in [0.3, 0.4) is 0 Å². The summed E-state index contributed by atoms with van der Waals surface area (Å²) < 4.78 is 10.7. The van der Waals surface area contributed by atoms with Crippen LogP contribution in [0, 0.1) is 10.1 Å². The molecule has 9 nitrogen and oxygen atoms in total. The van der Waals surface area contributed by atoms with Crippen molar-refractivity contribution in [2.45, 2.75) is 26.3 Å². The van der Waals surface area contributed by atoms with Gasteiger partial charge in [-0.3, -0.25) is 19.7 Å². The summed E-state index contributed by atoms with van der Waals surface area (Å²) in [6, 6.07) is 9.39. The van der Waals surface area contributed by atoms with Gasteiger partial charge >= 0.3 is 0 Å². The van der Waals surface area contributed by atoms with Gasteiger partial charge in [0.05, 0.1) is 19.1 Å². The third-order valence-electron chi connectivity index (χ3n) is 5.48. The van der Waals surface area contributed by atoms with Crippen LogP contribution in [0.2, 0.25) is 0 Å². The molecule has 0 saturated carbocycles. The average molecular weight is 441 g/mol. The van der Waals surface area contributed by atoms with Crippen molar-refractivity contribution in [2.24, 2.45) is 0 Å². The summed E-state index contributed by atoms with van der Waals surface area (Å²) in [6.45, 7) is 3.15. The lowest BCUT2D eigenvalue weighted by atomic mass is 9.98. The fraction of sp³-hybridized carbons (Fsp3) is 0.391. The summed E-state index contributed by atoms with van der Waals surface area (Å²) in [5, 5.41) is 11.0. The maximum Gasteiger partial charge on any atom is 0.270 e. The van der Waals surface area contributed by atoms with Crippen LogP contribution >= 0.6 is 0 Å². The van der Waals surface area contributed by atoms with E-state index in [0.29, 0.717) is 44.0 Å². The van der Waals surface area contributed by atoms with Crippen molar-refractivity contribution in [1.29, 1.82) is 0 Å². The molecule has 9 heteroatoms. The number of non-ortho nitro benzene ring substituents is 1. The van der Waals surface area contributed by atoms with Crippen LogP contribution in [0.15, 0.2) is 36.4 Å². The van der Waals surface area contributed by atoms with Gasteiger partial charge in [-0.15, -0.1) is 0 Å². The zero-order valence-electron chi connectivity index (χ0n) is 18.5. The maximum atomic E-state index is 13.0. The first-order valence-electron chi connectivity index (χ1n) is 10.4. The predicted octanol–water partition coefficient (Wildman–Crippen LogP) is 3.05. The van der Waals surface area contributed by atoms with E-state index >= 15 is 0 Å².